The molecule has 4 saturated carbocycles. The van der Waals surface area contributed by atoms with Crippen LogP contribution in [0.25, 0.3) is 0 Å². The average molecular weight is 274 g/mol. The third-order valence-corrected chi connectivity index (χ3v) is 7.47. The Morgan fingerprint density at radius 1 is 0.900 bits per heavy atom. The van der Waals surface area contributed by atoms with E-state index in [4.69, 9.17) is 0 Å². The number of rotatable bonds is 0. The number of Topliss-reactive ketones (excluding diaryl/α,β-unsaturated/α-hetero) is 2. The number of fused-ring (bicyclic) bond motifs is 5. The van der Waals surface area contributed by atoms with Crippen LogP contribution in [-0.4, -0.2) is 11.6 Å². The predicted octanol–water partition coefficient (Wildman–Crippen LogP) is 3.78. The SMILES string of the molecule is C[C@]12CC[C@H]3[C@@H](CC[C@H]4CC(=O)CC[C@@H]43)[C@@H]1CCC2=O. The van der Waals surface area contributed by atoms with Gasteiger partial charge in [-0.3, -0.25) is 9.59 Å². The largest absolute Gasteiger partial charge is 0.300 e. The van der Waals surface area contributed by atoms with Gasteiger partial charge < -0.3 is 0 Å². The number of ketones is 2. The van der Waals surface area contributed by atoms with Crippen molar-refractivity contribution < 1.29 is 9.59 Å². The molecule has 0 aliphatic heterocycles. The van der Waals surface area contributed by atoms with Crippen molar-refractivity contribution in [1.82, 2.24) is 0 Å². The van der Waals surface area contributed by atoms with Gasteiger partial charge in [-0.15, -0.1) is 0 Å². The molecule has 2 nitrogen and oxygen atoms in total. The summed E-state index contributed by atoms with van der Waals surface area (Å²) in [7, 11) is 0. The van der Waals surface area contributed by atoms with Crippen LogP contribution in [0.4, 0.5) is 0 Å². The molecule has 0 aromatic carbocycles. The quantitative estimate of drug-likeness (QED) is 0.673. The lowest BCUT2D eigenvalue weighted by Gasteiger charge is -2.53. The van der Waals surface area contributed by atoms with E-state index in [1.165, 1.54) is 19.3 Å². The fourth-order valence-corrected chi connectivity index (χ4v) is 6.43. The van der Waals surface area contributed by atoms with Gasteiger partial charge in [0.05, 0.1) is 0 Å². The molecule has 0 spiro atoms. The average Bonchev–Trinajstić information content (AvgIpc) is 2.74. The zero-order valence-electron chi connectivity index (χ0n) is 12.6. The molecular formula is C18H26O2. The summed E-state index contributed by atoms with van der Waals surface area (Å²) < 4.78 is 0. The Balaban J connectivity index is 1.59. The smallest absolute Gasteiger partial charge is 0.139 e. The molecule has 0 saturated heterocycles. The minimum atomic E-state index is 0.0124. The van der Waals surface area contributed by atoms with E-state index in [1.54, 1.807) is 0 Å². The van der Waals surface area contributed by atoms with Crippen LogP contribution in [0.5, 0.6) is 0 Å². The number of carbonyl (C=O) groups excluding carboxylic acids is 2. The van der Waals surface area contributed by atoms with Crippen LogP contribution in [0.15, 0.2) is 0 Å². The molecule has 4 rings (SSSR count). The first-order valence-electron chi connectivity index (χ1n) is 8.64. The van der Waals surface area contributed by atoms with Crippen LogP contribution in [0.1, 0.15) is 64.7 Å². The molecule has 110 valence electrons. The number of carbonyl (C=O) groups is 2. The molecule has 2 heteroatoms. The highest BCUT2D eigenvalue weighted by atomic mass is 16.1. The summed E-state index contributed by atoms with van der Waals surface area (Å²) in [5.41, 5.74) is 0.0124. The monoisotopic (exact) mass is 274 g/mol. The second-order valence-corrected chi connectivity index (χ2v) is 8.13. The molecule has 0 amide bonds. The molecule has 0 bridgehead atoms. The van der Waals surface area contributed by atoms with Crippen molar-refractivity contribution in [3.05, 3.63) is 0 Å². The normalized spacial score (nSPS) is 51.4. The number of hydrogen-bond acceptors (Lipinski definition) is 2. The molecule has 4 aliphatic rings. The summed E-state index contributed by atoms with van der Waals surface area (Å²) in [5, 5.41) is 0. The van der Waals surface area contributed by atoms with E-state index in [9.17, 15) is 9.59 Å². The van der Waals surface area contributed by atoms with Gasteiger partial charge in [0, 0.05) is 24.7 Å². The van der Waals surface area contributed by atoms with Crippen LogP contribution < -0.4 is 0 Å². The van der Waals surface area contributed by atoms with E-state index in [2.05, 4.69) is 6.92 Å². The van der Waals surface area contributed by atoms with E-state index in [0.29, 0.717) is 23.4 Å². The molecule has 0 N–H and O–H groups in total. The Morgan fingerprint density at radius 3 is 2.60 bits per heavy atom. The topological polar surface area (TPSA) is 34.1 Å². The third-order valence-electron chi connectivity index (χ3n) is 7.47. The van der Waals surface area contributed by atoms with Crippen LogP contribution >= 0.6 is 0 Å². The molecule has 0 aromatic heterocycles. The van der Waals surface area contributed by atoms with Gasteiger partial charge in [-0.25, -0.2) is 0 Å². The predicted molar refractivity (Wildman–Crippen MR) is 77.1 cm³/mol. The fraction of sp³-hybridized carbons (Fsp3) is 0.889. The Kier molecular flexibility index (Phi) is 2.88. The van der Waals surface area contributed by atoms with Crippen LogP contribution in [0, 0.1) is 35.0 Å². The summed E-state index contributed by atoms with van der Waals surface area (Å²) >= 11 is 0. The Hall–Kier alpha value is -0.660. The maximum absolute atomic E-state index is 12.3. The van der Waals surface area contributed by atoms with E-state index >= 15 is 0 Å². The van der Waals surface area contributed by atoms with Gasteiger partial charge in [0.25, 0.3) is 0 Å². The Labute approximate surface area is 121 Å². The van der Waals surface area contributed by atoms with Crippen molar-refractivity contribution >= 4 is 11.6 Å². The summed E-state index contributed by atoms with van der Waals surface area (Å²) in [6, 6.07) is 0. The van der Waals surface area contributed by atoms with E-state index in [0.717, 1.165) is 56.3 Å². The van der Waals surface area contributed by atoms with E-state index in [1.807, 2.05) is 0 Å². The minimum Gasteiger partial charge on any atom is -0.300 e. The van der Waals surface area contributed by atoms with Gasteiger partial charge in [-0.2, -0.15) is 0 Å². The van der Waals surface area contributed by atoms with Crippen molar-refractivity contribution in [2.24, 2.45) is 35.0 Å². The first kappa shape index (κ1) is 13.0. The molecular weight excluding hydrogens is 248 g/mol. The molecule has 20 heavy (non-hydrogen) atoms. The van der Waals surface area contributed by atoms with Gasteiger partial charge in [0.1, 0.15) is 11.6 Å². The van der Waals surface area contributed by atoms with E-state index < -0.39 is 0 Å². The molecule has 0 aromatic rings. The lowest BCUT2D eigenvalue weighted by atomic mass is 9.50. The molecule has 0 heterocycles. The summed E-state index contributed by atoms with van der Waals surface area (Å²) in [5.74, 6) is 4.79. The zero-order valence-corrected chi connectivity index (χ0v) is 12.6. The van der Waals surface area contributed by atoms with Crippen molar-refractivity contribution in [3.63, 3.8) is 0 Å². The third kappa shape index (κ3) is 1.69. The van der Waals surface area contributed by atoms with Crippen molar-refractivity contribution in [3.8, 4) is 0 Å². The summed E-state index contributed by atoms with van der Waals surface area (Å²) in [4.78, 5) is 24.0. The number of hydrogen-bond donors (Lipinski definition) is 0. The van der Waals surface area contributed by atoms with E-state index in [-0.39, 0.29) is 5.41 Å². The van der Waals surface area contributed by atoms with Gasteiger partial charge in [-0.05, 0) is 68.1 Å². The Morgan fingerprint density at radius 2 is 1.75 bits per heavy atom. The summed E-state index contributed by atoms with van der Waals surface area (Å²) in [6.07, 6.45) is 9.70. The maximum Gasteiger partial charge on any atom is 0.139 e. The first-order valence-corrected chi connectivity index (χ1v) is 8.64. The van der Waals surface area contributed by atoms with Crippen LogP contribution in [0.2, 0.25) is 0 Å². The second-order valence-electron chi connectivity index (χ2n) is 8.13. The standard InChI is InChI=1S/C18H26O2/c1-18-9-8-14-13-5-3-12(19)10-11(13)2-4-15(14)16(18)6-7-17(18)20/h11,13-16H,2-10H2,1H3/t11-,13-,14+,15+,16-,18-/m0/s1. The second kappa shape index (κ2) is 4.42. The highest BCUT2D eigenvalue weighted by molar-refractivity contribution is 5.87. The van der Waals surface area contributed by atoms with Gasteiger partial charge in [0.2, 0.25) is 0 Å². The zero-order chi connectivity index (χ0) is 13.9. The van der Waals surface area contributed by atoms with Crippen LogP contribution in [0.3, 0.4) is 0 Å². The fourth-order valence-electron chi connectivity index (χ4n) is 6.43. The van der Waals surface area contributed by atoms with Crippen molar-refractivity contribution in [2.45, 2.75) is 64.7 Å². The lowest BCUT2D eigenvalue weighted by Crippen LogP contribution is -2.48. The summed E-state index contributed by atoms with van der Waals surface area (Å²) in [6.45, 7) is 2.25. The highest BCUT2D eigenvalue weighted by Crippen LogP contribution is 2.61. The van der Waals surface area contributed by atoms with Crippen LogP contribution in [-0.2, 0) is 9.59 Å². The minimum absolute atomic E-state index is 0.0124. The lowest BCUT2D eigenvalue weighted by molar-refractivity contribution is -0.134. The van der Waals surface area contributed by atoms with Crippen molar-refractivity contribution in [2.75, 3.05) is 0 Å². The first-order chi connectivity index (χ1) is 9.59. The molecule has 0 unspecified atom stereocenters. The highest BCUT2D eigenvalue weighted by Gasteiger charge is 2.56. The molecule has 6 atom stereocenters. The maximum atomic E-state index is 12.3. The van der Waals surface area contributed by atoms with Gasteiger partial charge in [0.15, 0.2) is 0 Å². The molecule has 0 radical (unpaired) electrons. The van der Waals surface area contributed by atoms with Gasteiger partial charge >= 0.3 is 0 Å². The Bertz CT molecular complexity index is 454. The molecule has 4 aliphatic carbocycles. The van der Waals surface area contributed by atoms with Gasteiger partial charge in [-0.1, -0.05) is 6.92 Å². The van der Waals surface area contributed by atoms with Crippen molar-refractivity contribution in [1.29, 1.82) is 0 Å². The molecule has 4 fully saturated rings.